The number of carbonyl (C=O) groups excluding carboxylic acids is 1. The molecular weight excluding hydrogens is 378 g/mol. The number of hydrogen-bond acceptors (Lipinski definition) is 7. The Morgan fingerprint density at radius 3 is 2.11 bits per heavy atom. The quantitative estimate of drug-likeness (QED) is 0.288. The molecular formula is C19H18ClN7O. The molecule has 2 aromatic carbocycles. The van der Waals surface area contributed by atoms with Gasteiger partial charge in [-0.3, -0.25) is 10.2 Å². The third-order valence-corrected chi connectivity index (χ3v) is 4.13. The number of hydrazone groups is 1. The van der Waals surface area contributed by atoms with Gasteiger partial charge in [0.25, 0.3) is 5.91 Å². The van der Waals surface area contributed by atoms with Crippen molar-refractivity contribution in [3.8, 4) is 0 Å². The van der Waals surface area contributed by atoms with Gasteiger partial charge >= 0.3 is 0 Å². The van der Waals surface area contributed by atoms with Gasteiger partial charge < -0.3 is 16.8 Å². The van der Waals surface area contributed by atoms with E-state index in [1.54, 1.807) is 0 Å². The molecule has 0 aliphatic heterocycles. The van der Waals surface area contributed by atoms with Gasteiger partial charge in [0.05, 0.1) is 6.04 Å². The minimum Gasteiger partial charge on any atom is -0.382 e. The van der Waals surface area contributed by atoms with Crippen LogP contribution in [0.15, 0.2) is 65.8 Å². The molecule has 8 nitrogen and oxygen atoms in total. The SMILES string of the molecule is Nc1nc(N)c(C(=O)NC=NNC(c2ccccc2)c2ccccc2)nc1Cl. The van der Waals surface area contributed by atoms with Crippen molar-refractivity contribution in [3.63, 3.8) is 0 Å². The Labute approximate surface area is 166 Å². The maximum atomic E-state index is 12.2. The second-order valence-electron chi connectivity index (χ2n) is 5.75. The number of nitrogens with one attached hydrogen (secondary N) is 2. The molecule has 142 valence electrons. The zero-order valence-corrected chi connectivity index (χ0v) is 15.5. The summed E-state index contributed by atoms with van der Waals surface area (Å²) >= 11 is 5.79. The smallest absolute Gasteiger partial charge is 0.278 e. The lowest BCUT2D eigenvalue weighted by molar-refractivity contribution is 0.0974. The molecule has 28 heavy (non-hydrogen) atoms. The molecule has 0 unspecified atom stereocenters. The summed E-state index contributed by atoms with van der Waals surface area (Å²) in [6, 6.07) is 19.5. The van der Waals surface area contributed by atoms with Crippen molar-refractivity contribution in [1.82, 2.24) is 20.7 Å². The topological polar surface area (TPSA) is 131 Å². The molecule has 1 amide bonds. The number of aromatic nitrogens is 2. The van der Waals surface area contributed by atoms with Gasteiger partial charge in [-0.2, -0.15) is 5.10 Å². The van der Waals surface area contributed by atoms with Crippen LogP contribution in [0.3, 0.4) is 0 Å². The van der Waals surface area contributed by atoms with Crippen molar-refractivity contribution in [2.45, 2.75) is 6.04 Å². The molecule has 1 aromatic heterocycles. The summed E-state index contributed by atoms with van der Waals surface area (Å²) in [5, 5.41) is 6.48. The number of anilines is 2. The molecule has 0 radical (unpaired) electrons. The number of halogens is 1. The molecule has 3 rings (SSSR count). The Hall–Kier alpha value is -3.65. The summed E-state index contributed by atoms with van der Waals surface area (Å²) < 4.78 is 0. The fourth-order valence-electron chi connectivity index (χ4n) is 2.51. The Morgan fingerprint density at radius 1 is 0.964 bits per heavy atom. The van der Waals surface area contributed by atoms with Gasteiger partial charge in [0, 0.05) is 0 Å². The molecule has 0 saturated carbocycles. The average Bonchev–Trinajstić information content (AvgIpc) is 2.72. The normalized spacial score (nSPS) is 10.9. The predicted molar refractivity (Wildman–Crippen MR) is 110 cm³/mol. The van der Waals surface area contributed by atoms with Crippen LogP contribution >= 0.6 is 11.6 Å². The zero-order chi connectivity index (χ0) is 19.9. The molecule has 1 heterocycles. The number of nitrogens with two attached hydrogens (primary N) is 2. The van der Waals surface area contributed by atoms with Crippen LogP contribution in [-0.2, 0) is 0 Å². The van der Waals surface area contributed by atoms with Gasteiger partial charge in [-0.1, -0.05) is 72.3 Å². The molecule has 3 aromatic rings. The van der Waals surface area contributed by atoms with Crippen LogP contribution in [0, 0.1) is 0 Å². The highest BCUT2D eigenvalue weighted by Crippen LogP contribution is 2.21. The number of benzene rings is 2. The Balaban J connectivity index is 1.71. The number of amides is 1. The Morgan fingerprint density at radius 2 is 1.54 bits per heavy atom. The Bertz CT molecular complexity index is 941. The van der Waals surface area contributed by atoms with E-state index >= 15 is 0 Å². The van der Waals surface area contributed by atoms with Gasteiger partial charge in [-0.25, -0.2) is 9.97 Å². The third-order valence-electron chi connectivity index (χ3n) is 3.85. The van der Waals surface area contributed by atoms with Crippen LogP contribution in [0.5, 0.6) is 0 Å². The maximum Gasteiger partial charge on any atom is 0.278 e. The molecule has 0 spiro atoms. The van der Waals surface area contributed by atoms with E-state index in [1.807, 2.05) is 60.7 Å². The van der Waals surface area contributed by atoms with Crippen molar-refractivity contribution in [2.24, 2.45) is 5.10 Å². The lowest BCUT2D eigenvalue weighted by Crippen LogP contribution is -2.27. The lowest BCUT2D eigenvalue weighted by Gasteiger charge is -2.17. The number of nitrogens with zero attached hydrogens (tertiary/aromatic N) is 3. The molecule has 6 N–H and O–H groups in total. The van der Waals surface area contributed by atoms with Gasteiger partial charge in [-0.15, -0.1) is 0 Å². The van der Waals surface area contributed by atoms with Crippen molar-refractivity contribution >= 4 is 35.5 Å². The fourth-order valence-corrected chi connectivity index (χ4v) is 2.64. The van der Waals surface area contributed by atoms with Crippen LogP contribution in [0.2, 0.25) is 5.15 Å². The summed E-state index contributed by atoms with van der Waals surface area (Å²) in [7, 11) is 0. The number of nitrogen functional groups attached to an aromatic ring is 2. The van der Waals surface area contributed by atoms with E-state index in [-0.39, 0.29) is 28.5 Å². The number of hydrogen-bond donors (Lipinski definition) is 4. The maximum absolute atomic E-state index is 12.2. The molecule has 0 atom stereocenters. The number of rotatable bonds is 6. The highest BCUT2D eigenvalue weighted by molar-refractivity contribution is 6.31. The van der Waals surface area contributed by atoms with Crippen LogP contribution in [0.25, 0.3) is 0 Å². The van der Waals surface area contributed by atoms with Gasteiger partial charge in [0.2, 0.25) is 0 Å². The first-order chi connectivity index (χ1) is 13.6. The van der Waals surface area contributed by atoms with Crippen LogP contribution in [-0.4, -0.2) is 22.2 Å². The molecule has 0 bridgehead atoms. The van der Waals surface area contributed by atoms with Crippen LogP contribution in [0.4, 0.5) is 11.6 Å². The summed E-state index contributed by atoms with van der Waals surface area (Å²) in [5.41, 5.74) is 16.1. The second-order valence-corrected chi connectivity index (χ2v) is 6.11. The minimum atomic E-state index is -0.603. The summed E-state index contributed by atoms with van der Waals surface area (Å²) in [5.74, 6) is -0.764. The summed E-state index contributed by atoms with van der Waals surface area (Å²) in [6.07, 6.45) is 1.21. The van der Waals surface area contributed by atoms with E-state index in [9.17, 15) is 4.79 Å². The lowest BCUT2D eigenvalue weighted by atomic mass is 10.00. The van der Waals surface area contributed by atoms with Crippen molar-refractivity contribution in [1.29, 1.82) is 0 Å². The van der Waals surface area contributed by atoms with Crippen LogP contribution < -0.4 is 22.2 Å². The molecule has 0 aliphatic carbocycles. The van der Waals surface area contributed by atoms with E-state index in [0.29, 0.717) is 0 Å². The molecule has 0 saturated heterocycles. The van der Waals surface area contributed by atoms with Crippen molar-refractivity contribution < 1.29 is 4.79 Å². The van der Waals surface area contributed by atoms with Crippen molar-refractivity contribution in [2.75, 3.05) is 11.5 Å². The van der Waals surface area contributed by atoms with Crippen LogP contribution in [0.1, 0.15) is 27.7 Å². The van der Waals surface area contributed by atoms with E-state index < -0.39 is 5.91 Å². The van der Waals surface area contributed by atoms with E-state index in [4.69, 9.17) is 23.1 Å². The monoisotopic (exact) mass is 395 g/mol. The highest BCUT2D eigenvalue weighted by Gasteiger charge is 2.15. The van der Waals surface area contributed by atoms with E-state index in [2.05, 4.69) is 25.8 Å². The first-order valence-electron chi connectivity index (χ1n) is 8.32. The van der Waals surface area contributed by atoms with Gasteiger partial charge in [-0.05, 0) is 11.1 Å². The number of carbonyl (C=O) groups is 1. The zero-order valence-electron chi connectivity index (χ0n) is 14.7. The highest BCUT2D eigenvalue weighted by atomic mass is 35.5. The van der Waals surface area contributed by atoms with E-state index in [1.165, 1.54) is 6.34 Å². The molecule has 0 fully saturated rings. The van der Waals surface area contributed by atoms with E-state index in [0.717, 1.165) is 11.1 Å². The third kappa shape index (κ3) is 4.54. The van der Waals surface area contributed by atoms with Crippen molar-refractivity contribution in [3.05, 3.63) is 82.6 Å². The summed E-state index contributed by atoms with van der Waals surface area (Å²) in [4.78, 5) is 19.8. The van der Waals surface area contributed by atoms with Gasteiger partial charge in [0.15, 0.2) is 22.5 Å². The molecule has 0 aliphatic rings. The summed E-state index contributed by atoms with van der Waals surface area (Å²) in [6.45, 7) is 0. The first-order valence-corrected chi connectivity index (χ1v) is 8.70. The van der Waals surface area contributed by atoms with Gasteiger partial charge in [0.1, 0.15) is 6.34 Å². The Kier molecular flexibility index (Phi) is 6.03. The predicted octanol–water partition coefficient (Wildman–Crippen LogP) is 2.35. The molecule has 9 heteroatoms. The first kappa shape index (κ1) is 19.1. The largest absolute Gasteiger partial charge is 0.382 e. The fraction of sp³-hybridized carbons (Fsp3) is 0.0526. The second kappa shape index (κ2) is 8.83. The minimum absolute atomic E-state index is 0.0420. The standard InChI is InChI=1S/C19H18ClN7O/c20-16-18(22)26-17(21)15(25-16)19(28)23-11-24-27-14(12-7-3-1-4-8-12)13-9-5-2-6-10-13/h1-11,14,27H,(H4,21,22,26)(H,23,24,28). The average molecular weight is 396 g/mol.